The van der Waals surface area contributed by atoms with E-state index in [1.54, 1.807) is 12.1 Å². The summed E-state index contributed by atoms with van der Waals surface area (Å²) in [5.41, 5.74) is 7.16. The predicted molar refractivity (Wildman–Crippen MR) is 73.4 cm³/mol. The molecule has 112 valence electrons. The summed E-state index contributed by atoms with van der Waals surface area (Å²) in [6, 6.07) is 3.26. The number of carbonyl (C=O) groups excluding carboxylic acids is 1. The molecule has 0 aliphatic carbocycles. The quantitative estimate of drug-likeness (QED) is 0.372. The van der Waals surface area contributed by atoms with E-state index in [1.165, 1.54) is 34.5 Å². The first-order valence-corrected chi connectivity index (χ1v) is 5.78. The molecular formula is C13H16N3O5+. The largest absolute Gasteiger partial charge is 0.493 e. The Balaban J connectivity index is 3.42. The number of hydrogen-bond donors (Lipinski definition) is 1. The lowest BCUT2D eigenvalue weighted by Gasteiger charge is -2.12. The molecule has 0 spiro atoms. The monoisotopic (exact) mass is 294 g/mol. The fraction of sp³-hybridized carbons (Fsp3) is 0.308. The van der Waals surface area contributed by atoms with Crippen LogP contribution in [0.15, 0.2) is 22.9 Å². The van der Waals surface area contributed by atoms with Crippen LogP contribution in [0.25, 0.3) is 6.08 Å². The van der Waals surface area contributed by atoms with Crippen molar-refractivity contribution in [2.75, 3.05) is 28.4 Å². The number of esters is 1. The van der Waals surface area contributed by atoms with Crippen LogP contribution in [0.4, 0.5) is 0 Å². The fourth-order valence-corrected chi connectivity index (χ4v) is 1.63. The van der Waals surface area contributed by atoms with Gasteiger partial charge < -0.3 is 18.9 Å². The van der Waals surface area contributed by atoms with Crippen LogP contribution >= 0.6 is 0 Å². The molecule has 0 saturated heterocycles. The van der Waals surface area contributed by atoms with Gasteiger partial charge in [-0.25, -0.2) is 4.79 Å². The molecule has 0 aliphatic rings. The number of benzene rings is 1. The highest BCUT2D eigenvalue weighted by atomic mass is 16.5. The van der Waals surface area contributed by atoms with Crippen LogP contribution in [0.1, 0.15) is 5.56 Å². The van der Waals surface area contributed by atoms with Gasteiger partial charge in [-0.2, -0.15) is 0 Å². The molecule has 0 aliphatic heterocycles. The van der Waals surface area contributed by atoms with E-state index in [-0.39, 0.29) is 5.70 Å². The number of nitrogens with zero attached hydrogens (tertiary/aromatic N) is 2. The molecule has 0 saturated carbocycles. The first-order valence-electron chi connectivity index (χ1n) is 5.78. The van der Waals surface area contributed by atoms with Crippen LogP contribution < -0.4 is 19.1 Å². The first kappa shape index (κ1) is 16.2. The van der Waals surface area contributed by atoms with Gasteiger partial charge in [0.05, 0.1) is 28.4 Å². The first-order chi connectivity index (χ1) is 10.1. The number of nitrogens with one attached hydrogen (secondary N) is 1. The van der Waals surface area contributed by atoms with Crippen LogP contribution in [0.5, 0.6) is 17.2 Å². The molecule has 0 fully saturated rings. The van der Waals surface area contributed by atoms with Gasteiger partial charge in [0.25, 0.3) is 0 Å². The van der Waals surface area contributed by atoms with Crippen LogP contribution in [-0.4, -0.2) is 34.4 Å². The average molecular weight is 294 g/mol. The zero-order chi connectivity index (χ0) is 15.8. The third-order valence-corrected chi connectivity index (χ3v) is 2.54. The van der Waals surface area contributed by atoms with E-state index in [4.69, 9.17) is 19.7 Å². The van der Waals surface area contributed by atoms with Crippen molar-refractivity contribution in [2.24, 2.45) is 5.11 Å². The highest BCUT2D eigenvalue weighted by Crippen LogP contribution is 2.38. The maximum absolute atomic E-state index is 11.5. The molecule has 1 aromatic rings. The van der Waals surface area contributed by atoms with Gasteiger partial charge in [0.2, 0.25) is 16.4 Å². The molecule has 1 rings (SSSR count). The minimum Gasteiger partial charge on any atom is -0.493 e. The van der Waals surface area contributed by atoms with Crippen LogP contribution in [-0.2, 0) is 9.53 Å². The second-order valence-corrected chi connectivity index (χ2v) is 3.68. The summed E-state index contributed by atoms with van der Waals surface area (Å²) in [5, 5.41) is 3.41. The molecule has 0 radical (unpaired) electrons. The Morgan fingerprint density at radius 2 is 1.71 bits per heavy atom. The van der Waals surface area contributed by atoms with Gasteiger partial charge in [-0.3, -0.25) is 0 Å². The molecular weight excluding hydrogens is 278 g/mol. The van der Waals surface area contributed by atoms with Crippen LogP contribution in [0.2, 0.25) is 0 Å². The van der Waals surface area contributed by atoms with Gasteiger partial charge in [0.1, 0.15) is 5.53 Å². The molecule has 8 nitrogen and oxygen atoms in total. The summed E-state index contributed by atoms with van der Waals surface area (Å²) in [6.07, 6.45) is 1.40. The number of ether oxygens (including phenoxy) is 4. The summed E-state index contributed by atoms with van der Waals surface area (Å²) >= 11 is 0. The maximum Gasteiger partial charge on any atom is 0.364 e. The SMILES string of the molecule is COC(=O)/C(=C\c1cc(OC)c(OC)c(OC)c1)N=[N+]=N. The topological polar surface area (TPSA) is 104 Å². The summed E-state index contributed by atoms with van der Waals surface area (Å²) in [6.45, 7) is 0. The number of rotatable bonds is 6. The lowest BCUT2D eigenvalue weighted by Crippen LogP contribution is -2.03. The fourth-order valence-electron chi connectivity index (χ4n) is 1.63. The molecule has 8 heteroatoms. The molecule has 0 aromatic heterocycles. The zero-order valence-electron chi connectivity index (χ0n) is 12.2. The van der Waals surface area contributed by atoms with Crippen molar-refractivity contribution in [3.05, 3.63) is 23.4 Å². The van der Waals surface area contributed by atoms with Crippen molar-refractivity contribution in [2.45, 2.75) is 0 Å². The Labute approximate surface area is 121 Å². The third-order valence-electron chi connectivity index (χ3n) is 2.54. The van der Waals surface area contributed by atoms with Crippen molar-refractivity contribution in [1.29, 1.82) is 5.53 Å². The minimum absolute atomic E-state index is 0.123. The average Bonchev–Trinajstić information content (AvgIpc) is 2.52. The van der Waals surface area contributed by atoms with Gasteiger partial charge in [-0.1, -0.05) is 0 Å². The second kappa shape index (κ2) is 7.66. The number of methoxy groups -OCH3 is 4. The molecule has 0 amide bonds. The zero-order valence-corrected chi connectivity index (χ0v) is 12.2. The van der Waals surface area contributed by atoms with Crippen molar-refractivity contribution in [1.82, 2.24) is 4.91 Å². The van der Waals surface area contributed by atoms with Crippen molar-refractivity contribution >= 4 is 12.0 Å². The Kier molecular flexibility index (Phi) is 5.91. The summed E-state index contributed by atoms with van der Waals surface area (Å²) in [7, 11) is 5.67. The molecule has 0 bridgehead atoms. The molecule has 0 unspecified atom stereocenters. The summed E-state index contributed by atoms with van der Waals surface area (Å²) in [4.78, 5) is 14.4. The van der Waals surface area contributed by atoms with Crippen molar-refractivity contribution in [3.63, 3.8) is 0 Å². The van der Waals surface area contributed by atoms with E-state index < -0.39 is 5.97 Å². The van der Waals surface area contributed by atoms with Gasteiger partial charge in [0, 0.05) is 0 Å². The Hall–Kier alpha value is -2.86. The second-order valence-electron chi connectivity index (χ2n) is 3.68. The highest BCUT2D eigenvalue weighted by molar-refractivity contribution is 5.93. The summed E-state index contributed by atoms with van der Waals surface area (Å²) < 4.78 is 20.2. The minimum atomic E-state index is -0.709. The van der Waals surface area contributed by atoms with E-state index in [2.05, 4.69) is 14.8 Å². The Morgan fingerprint density at radius 3 is 2.10 bits per heavy atom. The highest BCUT2D eigenvalue weighted by Gasteiger charge is 2.17. The summed E-state index contributed by atoms with van der Waals surface area (Å²) in [5.74, 6) is 0.573. The van der Waals surface area contributed by atoms with E-state index in [1.807, 2.05) is 0 Å². The van der Waals surface area contributed by atoms with E-state index >= 15 is 0 Å². The third kappa shape index (κ3) is 3.80. The van der Waals surface area contributed by atoms with Gasteiger partial charge >= 0.3 is 5.97 Å². The van der Waals surface area contributed by atoms with Gasteiger partial charge in [-0.05, 0) is 23.8 Å². The molecule has 21 heavy (non-hydrogen) atoms. The Morgan fingerprint density at radius 1 is 1.14 bits per heavy atom. The van der Waals surface area contributed by atoms with Crippen LogP contribution in [0, 0.1) is 5.53 Å². The molecule has 1 N–H and O–H groups in total. The lowest BCUT2D eigenvalue weighted by molar-refractivity contribution is -0.136. The van der Waals surface area contributed by atoms with Crippen LogP contribution in [0.3, 0.4) is 0 Å². The molecule has 0 atom stereocenters. The van der Waals surface area contributed by atoms with E-state index in [0.717, 1.165) is 0 Å². The van der Waals surface area contributed by atoms with Crippen molar-refractivity contribution < 1.29 is 23.7 Å². The van der Waals surface area contributed by atoms with Crippen molar-refractivity contribution in [3.8, 4) is 17.2 Å². The Bertz CT molecular complexity index is 581. The maximum atomic E-state index is 11.5. The standard InChI is InChI=1S/C13H16N3O5/c1-18-10-6-8(7-11(19-2)12(10)20-3)5-9(15-16-14)13(17)21-4/h5-7,14H,1-4H3/q+1/b9-5+. The van der Waals surface area contributed by atoms with Gasteiger partial charge in [-0.15, -0.1) is 0 Å². The number of carbonyl (C=O) groups is 1. The molecule has 1 aromatic carbocycles. The molecule has 0 heterocycles. The van der Waals surface area contributed by atoms with E-state index in [0.29, 0.717) is 22.8 Å². The smallest absolute Gasteiger partial charge is 0.364 e. The lowest BCUT2D eigenvalue weighted by atomic mass is 10.1. The van der Waals surface area contributed by atoms with Gasteiger partial charge in [0.15, 0.2) is 16.6 Å². The normalized spacial score (nSPS) is 10.4. The predicted octanol–water partition coefficient (Wildman–Crippen LogP) is 1.78. The van der Waals surface area contributed by atoms with E-state index in [9.17, 15) is 4.79 Å². The number of hydrogen-bond acceptors (Lipinski definition) is 7.